The van der Waals surface area contributed by atoms with Gasteiger partial charge in [0, 0.05) is 19.3 Å². The van der Waals surface area contributed by atoms with Gasteiger partial charge in [-0.1, -0.05) is 310 Å². The molecule has 0 bridgehead atoms. The zero-order valence-electron chi connectivity index (χ0n) is 45.0. The van der Waals surface area contributed by atoms with Crippen LogP contribution in [0.15, 0.2) is 0 Å². The van der Waals surface area contributed by atoms with E-state index < -0.39 is 6.10 Å². The average molecular weight is 934 g/mol. The predicted molar refractivity (Wildman–Crippen MR) is 284 cm³/mol. The van der Waals surface area contributed by atoms with Crippen LogP contribution < -0.4 is 0 Å². The molecule has 392 valence electrons. The number of carbonyl (C=O) groups excluding carboxylic acids is 3. The first-order chi connectivity index (χ1) is 32.5. The molecule has 0 fully saturated rings. The fraction of sp³-hybridized carbons (Fsp3) is 0.950. The van der Waals surface area contributed by atoms with Crippen LogP contribution >= 0.6 is 0 Å². The molecule has 0 rings (SSSR count). The van der Waals surface area contributed by atoms with Gasteiger partial charge in [-0.3, -0.25) is 14.4 Å². The summed E-state index contributed by atoms with van der Waals surface area (Å²) in [5, 5.41) is 0. The molecule has 0 saturated heterocycles. The smallest absolute Gasteiger partial charge is 0.306 e. The van der Waals surface area contributed by atoms with Crippen molar-refractivity contribution in [3.8, 4) is 0 Å². The Labute approximate surface area is 412 Å². The minimum absolute atomic E-state index is 0.0615. The molecule has 0 aromatic carbocycles. The third-order valence-corrected chi connectivity index (χ3v) is 13.9. The molecular weight excluding hydrogens is 817 g/mol. The molecule has 6 heteroatoms. The number of hydrogen-bond donors (Lipinski definition) is 0. The first-order valence-electron chi connectivity index (χ1n) is 30.0. The molecule has 1 atom stereocenters. The summed E-state index contributed by atoms with van der Waals surface area (Å²) in [6, 6.07) is 0. The van der Waals surface area contributed by atoms with Gasteiger partial charge in [-0.25, -0.2) is 0 Å². The van der Waals surface area contributed by atoms with Gasteiger partial charge in [0.1, 0.15) is 13.2 Å². The Kier molecular flexibility index (Phi) is 54.7. The van der Waals surface area contributed by atoms with E-state index in [-0.39, 0.29) is 31.1 Å². The largest absolute Gasteiger partial charge is 0.462 e. The summed E-state index contributed by atoms with van der Waals surface area (Å²) in [7, 11) is 0. The summed E-state index contributed by atoms with van der Waals surface area (Å²) in [5.41, 5.74) is 0. The monoisotopic (exact) mass is 933 g/mol. The second-order valence-corrected chi connectivity index (χ2v) is 20.6. The minimum Gasteiger partial charge on any atom is -0.462 e. The highest BCUT2D eigenvalue weighted by Crippen LogP contribution is 2.18. The zero-order valence-corrected chi connectivity index (χ0v) is 45.0. The SMILES string of the molecule is CCCCCCCCCCCCCCCCCCCCCCCCC(=O)OCC(COC(=O)CCCCCCCCCC)OC(=O)CCCCCCCCCCCCCCCCCCCC. The molecule has 0 spiro atoms. The molecule has 0 aromatic heterocycles. The molecule has 66 heavy (non-hydrogen) atoms. The number of rotatable bonds is 56. The van der Waals surface area contributed by atoms with Crippen molar-refractivity contribution >= 4 is 17.9 Å². The van der Waals surface area contributed by atoms with Crippen molar-refractivity contribution in [2.24, 2.45) is 0 Å². The van der Waals surface area contributed by atoms with Gasteiger partial charge in [0.15, 0.2) is 6.10 Å². The van der Waals surface area contributed by atoms with Gasteiger partial charge in [-0.05, 0) is 19.3 Å². The van der Waals surface area contributed by atoms with Crippen LogP contribution in [-0.4, -0.2) is 37.2 Å². The standard InChI is InChI=1S/C60H116O6/c1-4-7-10-13-16-19-21-23-25-27-29-30-31-32-34-35-37-39-41-44-47-50-53-59(62)65-56-57(55-64-58(61)52-49-46-43-18-15-12-9-6-3)66-60(63)54-51-48-45-42-40-38-36-33-28-26-24-22-20-17-14-11-8-5-2/h57H,4-56H2,1-3H3. The summed E-state index contributed by atoms with van der Waals surface area (Å²) in [6.07, 6.45) is 62.6. The first-order valence-corrected chi connectivity index (χ1v) is 30.0. The van der Waals surface area contributed by atoms with Crippen LogP contribution in [0.4, 0.5) is 0 Å². The Morgan fingerprint density at radius 1 is 0.242 bits per heavy atom. The van der Waals surface area contributed by atoms with Gasteiger partial charge in [-0.2, -0.15) is 0 Å². The van der Waals surface area contributed by atoms with E-state index in [1.54, 1.807) is 0 Å². The van der Waals surface area contributed by atoms with Gasteiger partial charge in [0.2, 0.25) is 0 Å². The van der Waals surface area contributed by atoms with Gasteiger partial charge in [0.05, 0.1) is 0 Å². The molecule has 0 aliphatic heterocycles. The molecular formula is C60H116O6. The van der Waals surface area contributed by atoms with Crippen molar-refractivity contribution < 1.29 is 28.6 Å². The summed E-state index contributed by atoms with van der Waals surface area (Å²) in [4.78, 5) is 38.0. The van der Waals surface area contributed by atoms with E-state index in [0.29, 0.717) is 19.3 Å². The summed E-state index contributed by atoms with van der Waals surface area (Å²) >= 11 is 0. The topological polar surface area (TPSA) is 78.9 Å². The Morgan fingerprint density at radius 2 is 0.409 bits per heavy atom. The van der Waals surface area contributed by atoms with E-state index in [1.807, 2.05) is 0 Å². The number of carbonyl (C=O) groups is 3. The second kappa shape index (κ2) is 56.0. The average Bonchev–Trinajstić information content (AvgIpc) is 3.31. The highest BCUT2D eigenvalue weighted by molar-refractivity contribution is 5.71. The lowest BCUT2D eigenvalue weighted by atomic mass is 10.0. The van der Waals surface area contributed by atoms with Crippen LogP contribution in [0, 0.1) is 0 Å². The number of hydrogen-bond acceptors (Lipinski definition) is 6. The van der Waals surface area contributed by atoms with Crippen molar-refractivity contribution in [2.75, 3.05) is 13.2 Å². The van der Waals surface area contributed by atoms with Gasteiger partial charge >= 0.3 is 17.9 Å². The molecule has 6 nitrogen and oxygen atoms in total. The lowest BCUT2D eigenvalue weighted by Crippen LogP contribution is -2.30. The van der Waals surface area contributed by atoms with Crippen molar-refractivity contribution in [2.45, 2.75) is 354 Å². The maximum absolute atomic E-state index is 12.8. The van der Waals surface area contributed by atoms with E-state index in [1.165, 1.54) is 250 Å². The summed E-state index contributed by atoms with van der Waals surface area (Å²) < 4.78 is 16.8. The molecule has 0 heterocycles. The van der Waals surface area contributed by atoms with E-state index >= 15 is 0 Å². The number of ether oxygens (including phenoxy) is 3. The quantitative estimate of drug-likeness (QED) is 0.0343. The highest BCUT2D eigenvalue weighted by atomic mass is 16.6. The zero-order chi connectivity index (χ0) is 47.9. The van der Waals surface area contributed by atoms with Gasteiger partial charge < -0.3 is 14.2 Å². The maximum Gasteiger partial charge on any atom is 0.306 e. The fourth-order valence-electron chi connectivity index (χ4n) is 9.33. The molecule has 0 N–H and O–H groups in total. The van der Waals surface area contributed by atoms with Crippen LogP contribution in [0.3, 0.4) is 0 Å². The normalized spacial score (nSPS) is 11.9. The molecule has 0 aliphatic rings. The van der Waals surface area contributed by atoms with Crippen LogP contribution in [0.25, 0.3) is 0 Å². The Hall–Kier alpha value is -1.59. The number of unbranched alkanes of at least 4 members (excludes halogenated alkanes) is 45. The molecule has 0 aromatic rings. The molecule has 1 unspecified atom stereocenters. The van der Waals surface area contributed by atoms with Crippen molar-refractivity contribution in [3.63, 3.8) is 0 Å². The van der Waals surface area contributed by atoms with Gasteiger partial charge in [0.25, 0.3) is 0 Å². The van der Waals surface area contributed by atoms with E-state index in [9.17, 15) is 14.4 Å². The van der Waals surface area contributed by atoms with E-state index in [0.717, 1.165) is 57.8 Å². The lowest BCUT2D eigenvalue weighted by molar-refractivity contribution is -0.167. The minimum atomic E-state index is -0.760. The molecule has 0 saturated carbocycles. The van der Waals surface area contributed by atoms with Crippen molar-refractivity contribution in [1.82, 2.24) is 0 Å². The highest BCUT2D eigenvalue weighted by Gasteiger charge is 2.19. The van der Waals surface area contributed by atoms with Gasteiger partial charge in [-0.15, -0.1) is 0 Å². The predicted octanol–water partition coefficient (Wildman–Crippen LogP) is 19.9. The summed E-state index contributed by atoms with van der Waals surface area (Å²) in [5.74, 6) is -0.837. The number of esters is 3. The van der Waals surface area contributed by atoms with Crippen LogP contribution in [0.1, 0.15) is 348 Å². The van der Waals surface area contributed by atoms with E-state index in [2.05, 4.69) is 20.8 Å². The maximum atomic E-state index is 12.8. The Balaban J connectivity index is 4.12. The van der Waals surface area contributed by atoms with Crippen molar-refractivity contribution in [1.29, 1.82) is 0 Å². The molecule has 0 amide bonds. The first kappa shape index (κ1) is 64.4. The molecule has 0 aliphatic carbocycles. The molecule has 0 radical (unpaired) electrons. The lowest BCUT2D eigenvalue weighted by Gasteiger charge is -2.18. The Morgan fingerprint density at radius 3 is 0.606 bits per heavy atom. The fourth-order valence-corrected chi connectivity index (χ4v) is 9.33. The third-order valence-electron chi connectivity index (χ3n) is 13.9. The van der Waals surface area contributed by atoms with Crippen LogP contribution in [0.2, 0.25) is 0 Å². The van der Waals surface area contributed by atoms with Crippen LogP contribution in [0.5, 0.6) is 0 Å². The van der Waals surface area contributed by atoms with Crippen molar-refractivity contribution in [3.05, 3.63) is 0 Å². The van der Waals surface area contributed by atoms with E-state index in [4.69, 9.17) is 14.2 Å². The van der Waals surface area contributed by atoms with Crippen LogP contribution in [-0.2, 0) is 28.6 Å². The third kappa shape index (κ3) is 53.4. The Bertz CT molecular complexity index is 982. The second-order valence-electron chi connectivity index (χ2n) is 20.6. The summed E-state index contributed by atoms with van der Waals surface area (Å²) in [6.45, 7) is 6.68.